The van der Waals surface area contributed by atoms with Gasteiger partial charge in [-0.3, -0.25) is 9.59 Å². The van der Waals surface area contributed by atoms with Gasteiger partial charge in [0.15, 0.2) is 0 Å². The quantitative estimate of drug-likeness (QED) is 0.603. The molecule has 0 aromatic heterocycles. The molecule has 0 amide bonds. The van der Waals surface area contributed by atoms with E-state index in [0.29, 0.717) is 0 Å². The van der Waals surface area contributed by atoms with Gasteiger partial charge in [-0.25, -0.2) is 0 Å². The van der Waals surface area contributed by atoms with Crippen molar-refractivity contribution in [1.82, 2.24) is 0 Å². The summed E-state index contributed by atoms with van der Waals surface area (Å²) in [5.74, 6) is -2.91. The summed E-state index contributed by atoms with van der Waals surface area (Å²) in [4.78, 5) is 20.3. The molecular formula is C6H10O4. The Kier molecular flexibility index (Phi) is 2.25. The fourth-order valence-corrected chi connectivity index (χ4v) is 0.355. The van der Waals surface area contributed by atoms with E-state index in [2.05, 4.69) is 0 Å². The van der Waals surface area contributed by atoms with Crippen molar-refractivity contribution in [3.8, 4) is 0 Å². The number of hydrogen-bond donors (Lipinski definition) is 2. The number of rotatable bonds is 5. The second-order valence-corrected chi connectivity index (χ2v) is 1.59. The minimum atomic E-state index is -2.69. The molecule has 0 radical (unpaired) electrons. The molecule has 0 aliphatic rings. The number of carboxylic acid groups (broad SMARTS) is 2. The fourth-order valence-electron chi connectivity index (χ4n) is 0.355. The van der Waals surface area contributed by atoms with Gasteiger partial charge in [-0.05, 0) is 12.8 Å². The predicted octanol–water partition coefficient (Wildman–Crippen LogP) is 0.716. The smallest absolute Gasteiger partial charge is 0.303 e. The normalized spacial score (nSPS) is 18.2. The minimum absolute atomic E-state index is 0.311. The van der Waals surface area contributed by atoms with Crippen molar-refractivity contribution < 1.29 is 23.9 Å². The van der Waals surface area contributed by atoms with Gasteiger partial charge in [0.2, 0.25) is 0 Å². The summed E-state index contributed by atoms with van der Waals surface area (Å²) >= 11 is 0. The van der Waals surface area contributed by atoms with Gasteiger partial charge < -0.3 is 10.2 Å². The molecule has 0 bridgehead atoms. The third kappa shape index (κ3) is 6.94. The Balaban J connectivity index is 4.17. The molecule has 4 heteroatoms. The van der Waals surface area contributed by atoms with Gasteiger partial charge in [0.25, 0.3) is 0 Å². The largest absolute Gasteiger partial charge is 0.481 e. The van der Waals surface area contributed by atoms with Crippen molar-refractivity contribution in [2.45, 2.75) is 25.6 Å². The van der Waals surface area contributed by atoms with E-state index in [9.17, 15) is 9.59 Å². The second-order valence-electron chi connectivity index (χ2n) is 1.59. The Morgan fingerprint density at radius 2 is 1.90 bits per heavy atom. The first kappa shape index (κ1) is 4.71. The van der Waals surface area contributed by atoms with Crippen molar-refractivity contribution in [1.29, 1.82) is 0 Å². The van der Waals surface area contributed by atoms with Gasteiger partial charge in [0.1, 0.15) is 0 Å². The first-order valence-corrected chi connectivity index (χ1v) is 2.66. The number of carbonyl (C=O) groups is 2. The second kappa shape index (κ2) is 4.78. The highest BCUT2D eigenvalue weighted by Gasteiger charge is 1.99. The van der Waals surface area contributed by atoms with E-state index in [-0.39, 0.29) is 6.42 Å². The average molecular weight is 149 g/mol. The molecule has 4 nitrogen and oxygen atoms in total. The molecule has 1 unspecified atom stereocenters. The zero-order valence-electron chi connectivity index (χ0n) is 8.20. The highest BCUT2D eigenvalue weighted by atomic mass is 16.4. The number of carboxylic acids is 2. The van der Waals surface area contributed by atoms with E-state index in [0.717, 1.165) is 0 Å². The van der Waals surface area contributed by atoms with Crippen LogP contribution in [0.25, 0.3) is 0 Å². The highest BCUT2D eigenvalue weighted by Crippen LogP contribution is 1.98. The lowest BCUT2D eigenvalue weighted by Crippen LogP contribution is -1.97. The van der Waals surface area contributed by atoms with Crippen LogP contribution in [-0.4, -0.2) is 22.2 Å². The molecule has 10 heavy (non-hydrogen) atoms. The van der Waals surface area contributed by atoms with Gasteiger partial charge in [-0.15, -0.1) is 0 Å². The van der Waals surface area contributed by atoms with Gasteiger partial charge in [0.05, 0.1) is 0 Å². The molecule has 0 saturated heterocycles. The lowest BCUT2D eigenvalue weighted by molar-refractivity contribution is -0.139. The fraction of sp³-hybridized carbons (Fsp3) is 0.667. The van der Waals surface area contributed by atoms with E-state index in [1.54, 1.807) is 0 Å². The van der Waals surface area contributed by atoms with Crippen LogP contribution in [0.4, 0.5) is 0 Å². The molecule has 0 heterocycles. The Labute approximate surface area is 62.7 Å². The molecule has 58 valence electrons. The highest BCUT2D eigenvalue weighted by molar-refractivity contribution is 5.67. The third-order valence-electron chi connectivity index (χ3n) is 0.728. The molecule has 1 atom stereocenters. The van der Waals surface area contributed by atoms with Gasteiger partial charge in [-0.1, -0.05) is 0 Å². The topological polar surface area (TPSA) is 74.6 Å². The zero-order valence-corrected chi connectivity index (χ0v) is 5.20. The molecule has 0 rings (SSSR count). The van der Waals surface area contributed by atoms with E-state index < -0.39 is 31.1 Å². The van der Waals surface area contributed by atoms with Crippen LogP contribution in [0.3, 0.4) is 0 Å². The molecule has 0 fully saturated rings. The van der Waals surface area contributed by atoms with Crippen LogP contribution in [-0.2, 0) is 9.59 Å². The molecule has 0 aromatic carbocycles. The maximum Gasteiger partial charge on any atom is 0.303 e. The van der Waals surface area contributed by atoms with Gasteiger partial charge in [0, 0.05) is 16.9 Å². The molecule has 0 saturated carbocycles. The average Bonchev–Trinajstić information content (AvgIpc) is 1.99. The molecule has 0 aromatic rings. The van der Waals surface area contributed by atoms with Crippen LogP contribution in [0.1, 0.15) is 29.7 Å². The monoisotopic (exact) mass is 149 g/mol. The van der Waals surface area contributed by atoms with Crippen molar-refractivity contribution in [2.75, 3.05) is 0 Å². The van der Waals surface area contributed by atoms with Crippen molar-refractivity contribution in [2.24, 2.45) is 0 Å². The van der Waals surface area contributed by atoms with E-state index in [4.69, 9.17) is 14.3 Å². The minimum Gasteiger partial charge on any atom is -0.481 e. The molecule has 0 spiro atoms. The van der Waals surface area contributed by atoms with Crippen molar-refractivity contribution >= 4 is 11.9 Å². The summed E-state index contributed by atoms with van der Waals surface area (Å²) in [7, 11) is 0. The van der Waals surface area contributed by atoms with Crippen LogP contribution in [0, 0.1) is 0 Å². The maximum absolute atomic E-state index is 10.3. The Hall–Kier alpha value is -1.06. The van der Waals surface area contributed by atoms with Crippen LogP contribution in [0.5, 0.6) is 0 Å². The number of hydrogen-bond acceptors (Lipinski definition) is 2. The summed E-state index contributed by atoms with van der Waals surface area (Å²) in [5, 5.41) is 16.5. The van der Waals surface area contributed by atoms with Gasteiger partial charge >= 0.3 is 11.9 Å². The first-order valence-electron chi connectivity index (χ1n) is 4.23. The lowest BCUT2D eigenvalue weighted by Gasteiger charge is -1.92. The molecule has 0 aliphatic heterocycles. The summed E-state index contributed by atoms with van der Waals surface area (Å²) in [5.41, 5.74) is 0. The van der Waals surface area contributed by atoms with E-state index in [1.165, 1.54) is 0 Å². The Morgan fingerprint density at radius 1 is 1.30 bits per heavy atom. The summed E-state index contributed by atoms with van der Waals surface area (Å²) in [6.45, 7) is 0. The lowest BCUT2D eigenvalue weighted by atomic mass is 10.2. The summed E-state index contributed by atoms with van der Waals surface area (Å²) < 4.78 is 20.9. The van der Waals surface area contributed by atoms with Crippen LogP contribution in [0.15, 0.2) is 0 Å². The Morgan fingerprint density at radius 3 is 2.30 bits per heavy atom. The molecule has 0 aliphatic carbocycles. The first-order chi connectivity index (χ1) is 5.78. The van der Waals surface area contributed by atoms with Gasteiger partial charge in [-0.2, -0.15) is 0 Å². The number of aliphatic carboxylic acids is 2. The van der Waals surface area contributed by atoms with Crippen molar-refractivity contribution in [3.63, 3.8) is 0 Å². The van der Waals surface area contributed by atoms with E-state index in [1.807, 2.05) is 0 Å². The summed E-state index contributed by atoms with van der Waals surface area (Å²) in [6, 6.07) is 0. The molecular weight excluding hydrogens is 136 g/mol. The summed E-state index contributed by atoms with van der Waals surface area (Å²) in [6.07, 6.45) is -4.95. The third-order valence-corrected chi connectivity index (χ3v) is 0.728. The van der Waals surface area contributed by atoms with Crippen LogP contribution in [0.2, 0.25) is 0 Å². The van der Waals surface area contributed by atoms with E-state index >= 15 is 0 Å². The maximum atomic E-state index is 10.3. The van der Waals surface area contributed by atoms with Crippen LogP contribution < -0.4 is 0 Å². The Bertz CT molecular complexity index is 216. The zero-order chi connectivity index (χ0) is 10.6. The van der Waals surface area contributed by atoms with Crippen LogP contribution >= 0.6 is 0 Å². The predicted molar refractivity (Wildman–Crippen MR) is 33.7 cm³/mol. The van der Waals surface area contributed by atoms with Crippen molar-refractivity contribution in [3.05, 3.63) is 0 Å². The standard InChI is InChI=1S/C6H10O4/c7-5(8)3-1-2-4-6(9)10/h1-4H2,(H,7,8)(H,9,10)/i1D,3D2. The molecule has 2 N–H and O–H groups in total. The SMILES string of the molecule is [2H]C(CCC(=O)O)C([2H])([2H])C(=O)O.